The molecule has 0 spiro atoms. The van der Waals surface area contributed by atoms with Crippen LogP contribution < -0.4 is 15.4 Å². The molecule has 0 saturated carbocycles. The number of carbonyl (C=O) groups is 1. The molecule has 2 aromatic carbocycles. The summed E-state index contributed by atoms with van der Waals surface area (Å²) in [6.07, 6.45) is -0.664. The van der Waals surface area contributed by atoms with Crippen molar-refractivity contribution in [1.29, 1.82) is 0 Å². The summed E-state index contributed by atoms with van der Waals surface area (Å²) >= 11 is 0. The van der Waals surface area contributed by atoms with Crippen molar-refractivity contribution >= 4 is 16.8 Å². The van der Waals surface area contributed by atoms with Crippen molar-refractivity contribution in [2.45, 2.75) is 19.6 Å². The van der Waals surface area contributed by atoms with Gasteiger partial charge in [-0.15, -0.1) is 0 Å². The van der Waals surface area contributed by atoms with Crippen molar-refractivity contribution in [1.82, 2.24) is 15.6 Å². The molecular formula is C21H25N3O3. The highest BCUT2D eigenvalue weighted by Gasteiger charge is 2.12. The molecule has 0 radical (unpaired) electrons. The molecule has 6 nitrogen and oxygen atoms in total. The molecule has 0 fully saturated rings. The van der Waals surface area contributed by atoms with Crippen LogP contribution in [0.2, 0.25) is 0 Å². The summed E-state index contributed by atoms with van der Waals surface area (Å²) in [5.74, 6) is 0.492. The molecule has 0 bridgehead atoms. The average molecular weight is 367 g/mol. The van der Waals surface area contributed by atoms with Crippen LogP contribution in [0.25, 0.3) is 10.9 Å². The smallest absolute Gasteiger partial charge is 0.267 e. The van der Waals surface area contributed by atoms with Gasteiger partial charge in [-0.2, -0.15) is 0 Å². The molecule has 142 valence electrons. The van der Waals surface area contributed by atoms with Crippen molar-refractivity contribution in [3.05, 3.63) is 65.4 Å². The maximum absolute atomic E-state index is 12.3. The van der Waals surface area contributed by atoms with E-state index < -0.39 is 6.10 Å². The third-order valence-corrected chi connectivity index (χ3v) is 4.36. The van der Waals surface area contributed by atoms with Crippen LogP contribution in [-0.2, 0) is 6.54 Å². The lowest BCUT2D eigenvalue weighted by Crippen LogP contribution is -2.38. The van der Waals surface area contributed by atoms with Gasteiger partial charge >= 0.3 is 0 Å². The summed E-state index contributed by atoms with van der Waals surface area (Å²) < 4.78 is 5.19. The Morgan fingerprint density at radius 2 is 2.04 bits per heavy atom. The van der Waals surface area contributed by atoms with Gasteiger partial charge < -0.3 is 25.5 Å². The summed E-state index contributed by atoms with van der Waals surface area (Å²) in [7, 11) is 1.61. The molecule has 0 aliphatic heterocycles. The SMILES string of the molecule is COc1ccc2[nH]c(C(=O)NCC(O)CNCc3cccc(C)c3)cc2c1. The molecule has 3 rings (SSSR count). The van der Waals surface area contributed by atoms with Crippen LogP contribution in [0.4, 0.5) is 0 Å². The van der Waals surface area contributed by atoms with Crippen molar-refractivity contribution in [3.63, 3.8) is 0 Å². The number of fused-ring (bicyclic) bond motifs is 1. The van der Waals surface area contributed by atoms with E-state index in [1.54, 1.807) is 13.2 Å². The van der Waals surface area contributed by atoms with E-state index in [2.05, 4.69) is 21.7 Å². The van der Waals surface area contributed by atoms with Crippen LogP contribution in [0.1, 0.15) is 21.6 Å². The maximum Gasteiger partial charge on any atom is 0.267 e. The second-order valence-corrected chi connectivity index (χ2v) is 6.62. The number of ether oxygens (including phenoxy) is 1. The van der Waals surface area contributed by atoms with Crippen LogP contribution in [0.3, 0.4) is 0 Å². The van der Waals surface area contributed by atoms with Crippen LogP contribution >= 0.6 is 0 Å². The number of aromatic amines is 1. The Bertz CT molecular complexity index is 920. The minimum Gasteiger partial charge on any atom is -0.497 e. The highest BCUT2D eigenvalue weighted by atomic mass is 16.5. The summed E-state index contributed by atoms with van der Waals surface area (Å²) in [5.41, 5.74) is 3.69. The van der Waals surface area contributed by atoms with Crippen molar-refractivity contribution in [2.24, 2.45) is 0 Å². The highest BCUT2D eigenvalue weighted by molar-refractivity contribution is 5.98. The quantitative estimate of drug-likeness (QED) is 0.492. The van der Waals surface area contributed by atoms with Crippen molar-refractivity contribution in [3.8, 4) is 5.75 Å². The molecule has 1 aromatic heterocycles. The number of nitrogens with one attached hydrogen (secondary N) is 3. The van der Waals surface area contributed by atoms with Gasteiger partial charge in [0.1, 0.15) is 11.4 Å². The molecule has 1 atom stereocenters. The number of rotatable bonds is 8. The van der Waals surface area contributed by atoms with E-state index in [1.807, 2.05) is 43.3 Å². The number of H-pyrrole nitrogens is 1. The number of amides is 1. The molecule has 0 saturated heterocycles. The van der Waals surface area contributed by atoms with E-state index in [4.69, 9.17) is 4.74 Å². The predicted molar refractivity (Wildman–Crippen MR) is 106 cm³/mol. The van der Waals surface area contributed by atoms with Crippen LogP contribution in [-0.4, -0.2) is 42.3 Å². The average Bonchev–Trinajstić information content (AvgIpc) is 3.09. The summed E-state index contributed by atoms with van der Waals surface area (Å²) in [6.45, 7) is 3.31. The molecule has 1 heterocycles. The second kappa shape index (κ2) is 8.70. The van der Waals surface area contributed by atoms with Gasteiger partial charge in [0, 0.05) is 30.5 Å². The monoisotopic (exact) mass is 367 g/mol. The number of aromatic nitrogens is 1. The first-order valence-corrected chi connectivity index (χ1v) is 8.94. The summed E-state index contributed by atoms with van der Waals surface area (Å²) in [5, 5.41) is 16.9. The third kappa shape index (κ3) is 5.09. The summed E-state index contributed by atoms with van der Waals surface area (Å²) in [6, 6.07) is 15.6. The van der Waals surface area contributed by atoms with Gasteiger partial charge in [0.15, 0.2) is 0 Å². The second-order valence-electron chi connectivity index (χ2n) is 6.62. The Morgan fingerprint density at radius 1 is 1.19 bits per heavy atom. The zero-order chi connectivity index (χ0) is 19.2. The Kier molecular flexibility index (Phi) is 6.11. The number of benzene rings is 2. The van der Waals surface area contributed by atoms with Crippen molar-refractivity contribution < 1.29 is 14.6 Å². The summed E-state index contributed by atoms with van der Waals surface area (Å²) in [4.78, 5) is 15.4. The molecule has 1 unspecified atom stereocenters. The number of carbonyl (C=O) groups excluding carboxylic acids is 1. The molecule has 4 N–H and O–H groups in total. The van der Waals surface area contributed by atoms with Gasteiger partial charge in [-0.1, -0.05) is 29.8 Å². The molecule has 0 aliphatic rings. The Morgan fingerprint density at radius 3 is 2.81 bits per heavy atom. The zero-order valence-corrected chi connectivity index (χ0v) is 15.6. The van der Waals surface area contributed by atoms with E-state index in [9.17, 15) is 9.90 Å². The van der Waals surface area contributed by atoms with Gasteiger partial charge in [0.05, 0.1) is 13.2 Å². The van der Waals surface area contributed by atoms with E-state index in [0.717, 1.165) is 16.7 Å². The van der Waals surface area contributed by atoms with E-state index in [1.165, 1.54) is 11.1 Å². The first kappa shape index (κ1) is 18.9. The normalized spacial score (nSPS) is 12.1. The number of aliphatic hydroxyl groups is 1. The largest absolute Gasteiger partial charge is 0.497 e. The fourth-order valence-electron chi connectivity index (χ4n) is 2.94. The number of hydrogen-bond acceptors (Lipinski definition) is 4. The highest BCUT2D eigenvalue weighted by Crippen LogP contribution is 2.21. The number of hydrogen-bond donors (Lipinski definition) is 4. The van der Waals surface area contributed by atoms with Crippen LogP contribution in [0.15, 0.2) is 48.5 Å². The van der Waals surface area contributed by atoms with E-state index in [-0.39, 0.29) is 12.5 Å². The van der Waals surface area contributed by atoms with Gasteiger partial charge in [-0.25, -0.2) is 0 Å². The topological polar surface area (TPSA) is 86.4 Å². The Balaban J connectivity index is 1.46. The van der Waals surface area contributed by atoms with Gasteiger partial charge in [-0.3, -0.25) is 4.79 Å². The molecule has 27 heavy (non-hydrogen) atoms. The fraction of sp³-hybridized carbons (Fsp3) is 0.286. The molecule has 6 heteroatoms. The molecular weight excluding hydrogens is 342 g/mol. The van der Waals surface area contributed by atoms with Crippen LogP contribution in [0.5, 0.6) is 5.75 Å². The third-order valence-electron chi connectivity index (χ3n) is 4.36. The zero-order valence-electron chi connectivity index (χ0n) is 15.6. The maximum atomic E-state index is 12.3. The van der Waals surface area contributed by atoms with Gasteiger partial charge in [-0.05, 0) is 36.8 Å². The van der Waals surface area contributed by atoms with E-state index in [0.29, 0.717) is 18.8 Å². The predicted octanol–water partition coefficient (Wildman–Crippen LogP) is 2.37. The lowest BCUT2D eigenvalue weighted by molar-refractivity contribution is 0.0911. The number of methoxy groups -OCH3 is 1. The van der Waals surface area contributed by atoms with Crippen molar-refractivity contribution in [2.75, 3.05) is 20.2 Å². The molecule has 1 amide bonds. The molecule has 3 aromatic rings. The van der Waals surface area contributed by atoms with Gasteiger partial charge in [0.25, 0.3) is 5.91 Å². The first-order chi connectivity index (χ1) is 13.0. The minimum atomic E-state index is -0.664. The number of aliphatic hydroxyl groups excluding tert-OH is 1. The van der Waals surface area contributed by atoms with Gasteiger partial charge in [0.2, 0.25) is 0 Å². The fourth-order valence-corrected chi connectivity index (χ4v) is 2.94. The minimum absolute atomic E-state index is 0.179. The number of aryl methyl sites for hydroxylation is 1. The van der Waals surface area contributed by atoms with Crippen LogP contribution in [0, 0.1) is 6.92 Å². The molecule has 0 aliphatic carbocycles. The lowest BCUT2D eigenvalue weighted by Gasteiger charge is -2.13. The standard InChI is InChI=1S/C21H25N3O3/c1-14-4-3-5-15(8-14)11-22-12-17(25)13-23-21(26)20-10-16-9-18(27-2)6-7-19(16)24-20/h3-10,17,22,24-25H,11-13H2,1-2H3,(H,23,26). The Labute approximate surface area is 158 Å². The Hall–Kier alpha value is -2.83. The van der Waals surface area contributed by atoms with E-state index >= 15 is 0 Å². The first-order valence-electron chi connectivity index (χ1n) is 8.94. The lowest BCUT2D eigenvalue weighted by atomic mass is 10.1.